The molecule has 5 nitrogen and oxygen atoms in total. The summed E-state index contributed by atoms with van der Waals surface area (Å²) in [5.74, 6) is 0.652. The highest BCUT2D eigenvalue weighted by Crippen LogP contribution is 2.26. The molecular formula is C10H9N3O2S. The van der Waals surface area contributed by atoms with Crippen LogP contribution in [0.4, 0.5) is 0 Å². The molecule has 0 aliphatic heterocycles. The molecule has 0 bridgehead atoms. The van der Waals surface area contributed by atoms with Crippen molar-refractivity contribution in [3.8, 4) is 11.5 Å². The van der Waals surface area contributed by atoms with Crippen molar-refractivity contribution in [3.63, 3.8) is 0 Å². The van der Waals surface area contributed by atoms with Gasteiger partial charge in [0.2, 0.25) is 4.96 Å². The Morgan fingerprint density at radius 3 is 3.12 bits per heavy atom. The molecule has 3 aromatic rings. The molecule has 3 aromatic heterocycles. The first-order valence-electron chi connectivity index (χ1n) is 4.79. The van der Waals surface area contributed by atoms with Crippen molar-refractivity contribution in [3.05, 3.63) is 29.1 Å². The van der Waals surface area contributed by atoms with Gasteiger partial charge in [0.25, 0.3) is 0 Å². The van der Waals surface area contributed by atoms with Crippen molar-refractivity contribution >= 4 is 16.3 Å². The Kier molecular flexibility index (Phi) is 2.05. The van der Waals surface area contributed by atoms with Crippen LogP contribution in [-0.4, -0.2) is 19.7 Å². The van der Waals surface area contributed by atoms with Gasteiger partial charge in [0, 0.05) is 0 Å². The third-order valence-electron chi connectivity index (χ3n) is 2.30. The molecule has 0 saturated heterocycles. The van der Waals surface area contributed by atoms with Crippen molar-refractivity contribution in [1.82, 2.24) is 14.6 Å². The molecule has 0 aliphatic rings. The highest BCUT2D eigenvalue weighted by molar-refractivity contribution is 7.16. The fourth-order valence-electron chi connectivity index (χ4n) is 1.64. The molecule has 0 spiro atoms. The lowest BCUT2D eigenvalue weighted by molar-refractivity contribution is 0.274. The smallest absolute Gasteiger partial charge is 0.213 e. The van der Waals surface area contributed by atoms with Crippen LogP contribution in [0.2, 0.25) is 0 Å². The molecule has 0 fully saturated rings. The molecular weight excluding hydrogens is 226 g/mol. The van der Waals surface area contributed by atoms with Crippen molar-refractivity contribution in [1.29, 1.82) is 0 Å². The fourth-order valence-corrected chi connectivity index (χ4v) is 2.40. The number of rotatable bonds is 2. The average Bonchev–Trinajstić information content (AvgIpc) is 2.90. The minimum Gasteiger partial charge on any atom is -0.463 e. The van der Waals surface area contributed by atoms with Gasteiger partial charge in [-0.15, -0.1) is 0 Å². The second-order valence-corrected chi connectivity index (χ2v) is 4.52. The zero-order valence-electron chi connectivity index (χ0n) is 8.54. The number of furan rings is 1. The summed E-state index contributed by atoms with van der Waals surface area (Å²) >= 11 is 1.49. The predicted molar refractivity (Wildman–Crippen MR) is 59.2 cm³/mol. The minimum atomic E-state index is -0.111. The Morgan fingerprint density at radius 2 is 2.44 bits per heavy atom. The summed E-state index contributed by atoms with van der Waals surface area (Å²) in [5.41, 5.74) is 1.32. The van der Waals surface area contributed by atoms with E-state index in [1.54, 1.807) is 16.8 Å². The fraction of sp³-hybridized carbons (Fsp3) is 0.200. The SMILES string of the molecule is Cc1nn2c(CO)c(-c3ccco3)nc2s1. The van der Waals surface area contributed by atoms with Crippen LogP contribution in [-0.2, 0) is 6.61 Å². The first-order valence-corrected chi connectivity index (χ1v) is 5.61. The van der Waals surface area contributed by atoms with Crippen LogP contribution in [0.15, 0.2) is 22.8 Å². The summed E-state index contributed by atoms with van der Waals surface area (Å²) in [6, 6.07) is 3.61. The van der Waals surface area contributed by atoms with E-state index in [-0.39, 0.29) is 6.61 Å². The van der Waals surface area contributed by atoms with Crippen LogP contribution in [0.25, 0.3) is 16.4 Å². The number of aliphatic hydroxyl groups excluding tert-OH is 1. The van der Waals surface area contributed by atoms with Crippen LogP contribution in [0.3, 0.4) is 0 Å². The Bertz CT molecular complexity index is 624. The molecule has 0 radical (unpaired) electrons. The predicted octanol–water partition coefficient (Wildman–Crippen LogP) is 1.85. The lowest BCUT2D eigenvalue weighted by Crippen LogP contribution is -1.95. The third kappa shape index (κ3) is 1.27. The summed E-state index contributed by atoms with van der Waals surface area (Å²) in [4.78, 5) is 5.18. The molecule has 0 unspecified atom stereocenters. The molecule has 0 saturated carbocycles. The van der Waals surface area contributed by atoms with Crippen molar-refractivity contribution in [2.75, 3.05) is 0 Å². The maximum absolute atomic E-state index is 9.38. The van der Waals surface area contributed by atoms with Crippen LogP contribution < -0.4 is 0 Å². The highest BCUT2D eigenvalue weighted by Gasteiger charge is 2.17. The molecule has 3 rings (SSSR count). The van der Waals surface area contributed by atoms with Crippen LogP contribution >= 0.6 is 11.3 Å². The van der Waals surface area contributed by atoms with Gasteiger partial charge in [-0.3, -0.25) is 0 Å². The van der Waals surface area contributed by atoms with Gasteiger partial charge in [0.1, 0.15) is 16.4 Å². The summed E-state index contributed by atoms with van der Waals surface area (Å²) in [7, 11) is 0. The molecule has 3 heterocycles. The number of hydrogen-bond acceptors (Lipinski definition) is 5. The van der Waals surface area contributed by atoms with E-state index in [4.69, 9.17) is 4.42 Å². The van der Waals surface area contributed by atoms with E-state index in [1.165, 1.54) is 11.3 Å². The lowest BCUT2D eigenvalue weighted by Gasteiger charge is -1.95. The van der Waals surface area contributed by atoms with Crippen molar-refractivity contribution in [2.45, 2.75) is 13.5 Å². The molecule has 0 aromatic carbocycles. The van der Waals surface area contributed by atoms with E-state index < -0.39 is 0 Å². The first kappa shape index (κ1) is 9.56. The summed E-state index contributed by atoms with van der Waals surface area (Å²) in [5, 5.41) is 14.6. The quantitative estimate of drug-likeness (QED) is 0.736. The highest BCUT2D eigenvalue weighted by atomic mass is 32.1. The van der Waals surface area contributed by atoms with Gasteiger partial charge in [-0.05, 0) is 19.1 Å². The van der Waals surface area contributed by atoms with Gasteiger partial charge in [-0.25, -0.2) is 9.50 Å². The Balaban J connectivity index is 2.29. The summed E-state index contributed by atoms with van der Waals surface area (Å²) in [6.07, 6.45) is 1.59. The monoisotopic (exact) mass is 235 g/mol. The maximum Gasteiger partial charge on any atom is 0.213 e. The number of aryl methyl sites for hydroxylation is 1. The Hall–Kier alpha value is -1.66. The van der Waals surface area contributed by atoms with Gasteiger partial charge in [-0.1, -0.05) is 11.3 Å². The average molecular weight is 235 g/mol. The van der Waals surface area contributed by atoms with Crippen molar-refractivity contribution in [2.24, 2.45) is 0 Å². The third-order valence-corrected chi connectivity index (χ3v) is 3.13. The molecule has 82 valence electrons. The van der Waals surface area contributed by atoms with Gasteiger partial charge in [0.05, 0.1) is 12.9 Å². The van der Waals surface area contributed by atoms with Gasteiger partial charge >= 0.3 is 0 Å². The van der Waals surface area contributed by atoms with E-state index in [9.17, 15) is 5.11 Å². The number of aliphatic hydroxyl groups is 1. The van der Waals surface area contributed by atoms with Crippen LogP contribution in [0.1, 0.15) is 10.7 Å². The number of imidazole rings is 1. The van der Waals surface area contributed by atoms with E-state index in [2.05, 4.69) is 10.1 Å². The van der Waals surface area contributed by atoms with Crippen LogP contribution in [0, 0.1) is 6.92 Å². The van der Waals surface area contributed by atoms with E-state index in [0.717, 1.165) is 9.97 Å². The number of nitrogens with zero attached hydrogens (tertiary/aromatic N) is 3. The number of hydrogen-bond donors (Lipinski definition) is 1. The lowest BCUT2D eigenvalue weighted by atomic mass is 10.3. The number of aromatic nitrogens is 3. The van der Waals surface area contributed by atoms with E-state index in [0.29, 0.717) is 17.1 Å². The maximum atomic E-state index is 9.38. The van der Waals surface area contributed by atoms with Gasteiger partial charge in [0.15, 0.2) is 5.76 Å². The van der Waals surface area contributed by atoms with Crippen molar-refractivity contribution < 1.29 is 9.52 Å². The number of fused-ring (bicyclic) bond motifs is 1. The van der Waals surface area contributed by atoms with Crippen LogP contribution in [0.5, 0.6) is 0 Å². The normalized spacial score (nSPS) is 11.4. The molecule has 0 atom stereocenters. The Labute approximate surface area is 95.0 Å². The van der Waals surface area contributed by atoms with E-state index >= 15 is 0 Å². The second kappa shape index (κ2) is 3.43. The Morgan fingerprint density at radius 1 is 1.56 bits per heavy atom. The molecule has 6 heteroatoms. The summed E-state index contributed by atoms with van der Waals surface area (Å²) < 4.78 is 6.95. The zero-order chi connectivity index (χ0) is 11.1. The second-order valence-electron chi connectivity index (χ2n) is 3.36. The minimum absolute atomic E-state index is 0.111. The topological polar surface area (TPSA) is 63.6 Å². The van der Waals surface area contributed by atoms with Gasteiger partial charge < -0.3 is 9.52 Å². The molecule has 16 heavy (non-hydrogen) atoms. The first-order chi connectivity index (χ1) is 7.79. The van der Waals surface area contributed by atoms with Gasteiger partial charge in [-0.2, -0.15) is 5.10 Å². The summed E-state index contributed by atoms with van der Waals surface area (Å²) in [6.45, 7) is 1.80. The molecule has 1 N–H and O–H groups in total. The largest absolute Gasteiger partial charge is 0.463 e. The molecule has 0 amide bonds. The zero-order valence-corrected chi connectivity index (χ0v) is 9.36. The van der Waals surface area contributed by atoms with E-state index in [1.807, 2.05) is 13.0 Å². The molecule has 0 aliphatic carbocycles. The standard InChI is InChI=1S/C10H9N3O2S/c1-6-12-13-7(5-14)9(11-10(13)16-6)8-3-2-4-15-8/h2-4,14H,5H2,1H3.